The predicted molar refractivity (Wildman–Crippen MR) is 108 cm³/mol. The summed E-state index contributed by atoms with van der Waals surface area (Å²) in [4.78, 5) is 24.1. The van der Waals surface area contributed by atoms with Crippen LogP contribution in [0.2, 0.25) is 0 Å². The molecule has 0 heterocycles. The number of amides is 1. The third-order valence-electron chi connectivity index (χ3n) is 4.07. The molecule has 0 fully saturated rings. The summed E-state index contributed by atoms with van der Waals surface area (Å²) in [5, 5.41) is 2.66. The molecular formula is C20H24N2O6S. The lowest BCUT2D eigenvalue weighted by Crippen LogP contribution is -2.40. The molecule has 2 aromatic carbocycles. The highest BCUT2D eigenvalue weighted by Gasteiger charge is 2.23. The molecule has 1 atom stereocenters. The summed E-state index contributed by atoms with van der Waals surface area (Å²) in [6, 6.07) is 10.1. The second kappa shape index (κ2) is 9.53. The summed E-state index contributed by atoms with van der Waals surface area (Å²) in [5.74, 6) is -0.873. The highest BCUT2D eigenvalue weighted by Crippen LogP contribution is 2.17. The van der Waals surface area contributed by atoms with Gasteiger partial charge in [-0.3, -0.25) is 9.59 Å². The Morgan fingerprint density at radius 3 is 2.34 bits per heavy atom. The molecule has 0 unspecified atom stereocenters. The summed E-state index contributed by atoms with van der Waals surface area (Å²) >= 11 is 0. The van der Waals surface area contributed by atoms with Crippen LogP contribution in [-0.2, 0) is 24.3 Å². The standard InChI is InChI=1S/C20H24N2O6S/c1-13-5-6-14(2)18(11-13)21-19(23)12-28-20(24)15(3)22-29(25,26)17-9-7-16(27-4)8-10-17/h5-11,15,22H,12H2,1-4H3,(H,21,23)/t15-/m0/s1. The van der Waals surface area contributed by atoms with E-state index >= 15 is 0 Å². The average Bonchev–Trinajstić information content (AvgIpc) is 2.68. The van der Waals surface area contributed by atoms with E-state index in [-0.39, 0.29) is 4.90 Å². The van der Waals surface area contributed by atoms with Gasteiger partial charge in [0.2, 0.25) is 10.0 Å². The maximum Gasteiger partial charge on any atom is 0.324 e. The fourth-order valence-corrected chi connectivity index (χ4v) is 3.61. The molecule has 8 nitrogen and oxygen atoms in total. The zero-order valence-corrected chi connectivity index (χ0v) is 17.5. The lowest BCUT2D eigenvalue weighted by molar-refractivity contribution is -0.148. The Balaban J connectivity index is 1.90. The number of rotatable bonds is 8. The number of aryl methyl sites for hydroxylation is 2. The summed E-state index contributed by atoms with van der Waals surface area (Å²) in [5.41, 5.74) is 2.47. The SMILES string of the molecule is COc1ccc(S(=O)(=O)N[C@@H](C)C(=O)OCC(=O)Nc2cc(C)ccc2C)cc1. The van der Waals surface area contributed by atoms with Crippen LogP contribution in [0, 0.1) is 13.8 Å². The van der Waals surface area contributed by atoms with E-state index in [1.165, 1.54) is 38.3 Å². The largest absolute Gasteiger partial charge is 0.497 e. The lowest BCUT2D eigenvalue weighted by Gasteiger charge is -2.14. The van der Waals surface area contributed by atoms with Crippen molar-refractivity contribution in [2.24, 2.45) is 0 Å². The van der Waals surface area contributed by atoms with E-state index in [0.717, 1.165) is 11.1 Å². The van der Waals surface area contributed by atoms with E-state index in [1.54, 1.807) is 6.07 Å². The number of hydrogen-bond acceptors (Lipinski definition) is 6. The fourth-order valence-electron chi connectivity index (χ4n) is 2.42. The van der Waals surface area contributed by atoms with Crippen molar-refractivity contribution in [1.82, 2.24) is 4.72 Å². The molecule has 0 bridgehead atoms. The van der Waals surface area contributed by atoms with Crippen molar-refractivity contribution in [1.29, 1.82) is 0 Å². The Kier molecular flexibility index (Phi) is 7.35. The van der Waals surface area contributed by atoms with Gasteiger partial charge in [-0.15, -0.1) is 0 Å². The number of anilines is 1. The van der Waals surface area contributed by atoms with Gasteiger partial charge in [0.05, 0.1) is 12.0 Å². The minimum atomic E-state index is -3.93. The third kappa shape index (κ3) is 6.30. The van der Waals surface area contributed by atoms with Gasteiger partial charge in [-0.1, -0.05) is 12.1 Å². The van der Waals surface area contributed by atoms with E-state index in [4.69, 9.17) is 9.47 Å². The average molecular weight is 420 g/mol. The van der Waals surface area contributed by atoms with Gasteiger partial charge in [0.15, 0.2) is 6.61 Å². The van der Waals surface area contributed by atoms with Gasteiger partial charge in [0.1, 0.15) is 11.8 Å². The summed E-state index contributed by atoms with van der Waals surface area (Å²) in [6.45, 7) is 4.55. The van der Waals surface area contributed by atoms with E-state index in [9.17, 15) is 18.0 Å². The second-order valence-electron chi connectivity index (χ2n) is 6.49. The van der Waals surface area contributed by atoms with Crippen molar-refractivity contribution in [3.63, 3.8) is 0 Å². The summed E-state index contributed by atoms with van der Waals surface area (Å²) < 4.78 is 36.9. The van der Waals surface area contributed by atoms with Gasteiger partial charge in [-0.05, 0) is 62.2 Å². The number of methoxy groups -OCH3 is 1. The van der Waals surface area contributed by atoms with E-state index in [1.807, 2.05) is 26.0 Å². The molecule has 2 aromatic rings. The fraction of sp³-hybridized carbons (Fsp3) is 0.300. The second-order valence-corrected chi connectivity index (χ2v) is 8.21. The molecule has 0 spiro atoms. The Bertz CT molecular complexity index is 987. The number of carbonyl (C=O) groups excluding carboxylic acids is 2. The Labute approximate surface area is 170 Å². The van der Waals surface area contributed by atoms with Crippen LogP contribution in [0.25, 0.3) is 0 Å². The van der Waals surface area contributed by atoms with Gasteiger partial charge >= 0.3 is 5.97 Å². The smallest absolute Gasteiger partial charge is 0.324 e. The van der Waals surface area contributed by atoms with Crippen LogP contribution in [0.5, 0.6) is 5.75 Å². The van der Waals surface area contributed by atoms with Gasteiger partial charge in [-0.25, -0.2) is 8.42 Å². The summed E-state index contributed by atoms with van der Waals surface area (Å²) in [7, 11) is -2.47. The number of sulfonamides is 1. The van der Waals surface area contributed by atoms with Crippen LogP contribution < -0.4 is 14.8 Å². The first-order valence-electron chi connectivity index (χ1n) is 8.82. The van der Waals surface area contributed by atoms with Crippen LogP contribution >= 0.6 is 0 Å². The Morgan fingerprint density at radius 2 is 1.72 bits per heavy atom. The first kappa shape index (κ1) is 22.4. The van der Waals surface area contributed by atoms with E-state index in [2.05, 4.69) is 10.0 Å². The maximum absolute atomic E-state index is 12.4. The first-order valence-corrected chi connectivity index (χ1v) is 10.3. The molecule has 0 saturated heterocycles. The predicted octanol–water partition coefficient (Wildman–Crippen LogP) is 2.16. The molecule has 0 saturated carbocycles. The molecule has 0 aromatic heterocycles. The molecule has 2 rings (SSSR count). The number of esters is 1. The van der Waals surface area contributed by atoms with Crippen molar-refractivity contribution in [3.05, 3.63) is 53.6 Å². The van der Waals surface area contributed by atoms with Gasteiger partial charge in [-0.2, -0.15) is 4.72 Å². The van der Waals surface area contributed by atoms with Crippen LogP contribution in [0.4, 0.5) is 5.69 Å². The number of ether oxygens (including phenoxy) is 2. The van der Waals surface area contributed by atoms with Gasteiger partial charge in [0.25, 0.3) is 5.91 Å². The minimum absolute atomic E-state index is 0.0226. The summed E-state index contributed by atoms with van der Waals surface area (Å²) in [6.07, 6.45) is 0. The lowest BCUT2D eigenvalue weighted by atomic mass is 10.1. The van der Waals surface area contributed by atoms with Crippen LogP contribution in [0.3, 0.4) is 0 Å². The van der Waals surface area contributed by atoms with Crippen molar-refractivity contribution in [2.75, 3.05) is 19.0 Å². The van der Waals surface area contributed by atoms with Gasteiger partial charge in [0, 0.05) is 5.69 Å². The topological polar surface area (TPSA) is 111 Å². The molecular weight excluding hydrogens is 396 g/mol. The van der Waals surface area contributed by atoms with Crippen LogP contribution in [-0.4, -0.2) is 40.1 Å². The molecule has 156 valence electrons. The first-order chi connectivity index (χ1) is 13.6. The van der Waals surface area contributed by atoms with E-state index in [0.29, 0.717) is 11.4 Å². The highest BCUT2D eigenvalue weighted by molar-refractivity contribution is 7.89. The number of benzene rings is 2. The number of hydrogen-bond donors (Lipinski definition) is 2. The van der Waals surface area contributed by atoms with Crippen molar-refractivity contribution >= 4 is 27.6 Å². The molecule has 9 heteroatoms. The monoisotopic (exact) mass is 420 g/mol. The normalized spacial score (nSPS) is 12.1. The zero-order valence-electron chi connectivity index (χ0n) is 16.7. The molecule has 0 aliphatic carbocycles. The Morgan fingerprint density at radius 1 is 1.07 bits per heavy atom. The maximum atomic E-state index is 12.4. The molecule has 0 aliphatic heterocycles. The van der Waals surface area contributed by atoms with Crippen LogP contribution in [0.1, 0.15) is 18.1 Å². The zero-order chi connectivity index (χ0) is 21.6. The Hall–Kier alpha value is -2.91. The van der Waals surface area contributed by atoms with E-state index < -0.39 is 34.5 Å². The molecule has 0 aliphatic rings. The quantitative estimate of drug-likeness (QED) is 0.633. The molecule has 0 radical (unpaired) electrons. The van der Waals surface area contributed by atoms with Crippen molar-refractivity contribution < 1.29 is 27.5 Å². The minimum Gasteiger partial charge on any atom is -0.497 e. The molecule has 1 amide bonds. The molecule has 2 N–H and O–H groups in total. The van der Waals surface area contributed by atoms with Crippen LogP contribution in [0.15, 0.2) is 47.4 Å². The van der Waals surface area contributed by atoms with Crippen molar-refractivity contribution in [3.8, 4) is 5.75 Å². The third-order valence-corrected chi connectivity index (χ3v) is 5.62. The highest BCUT2D eigenvalue weighted by atomic mass is 32.2. The molecule has 29 heavy (non-hydrogen) atoms. The number of nitrogens with one attached hydrogen (secondary N) is 2. The van der Waals surface area contributed by atoms with Crippen molar-refractivity contribution in [2.45, 2.75) is 31.7 Å². The number of carbonyl (C=O) groups is 2. The van der Waals surface area contributed by atoms with Gasteiger partial charge < -0.3 is 14.8 Å².